The molecule has 4 nitrogen and oxygen atoms in total. The Morgan fingerprint density at radius 2 is 2.00 bits per heavy atom. The number of nitrogens with zero attached hydrogens (tertiary/aromatic N) is 4. The molecule has 0 radical (unpaired) electrons. The molecule has 0 unspecified atom stereocenters. The van der Waals surface area contributed by atoms with Gasteiger partial charge in [0.25, 0.3) is 0 Å². The maximum Gasteiger partial charge on any atom is 0.214 e. The third kappa shape index (κ3) is 3.31. The van der Waals surface area contributed by atoms with Gasteiger partial charge in [0, 0.05) is 10.8 Å². The van der Waals surface area contributed by atoms with Crippen molar-refractivity contribution in [1.29, 1.82) is 0 Å². The second-order valence-electron chi connectivity index (χ2n) is 5.08. The lowest BCUT2D eigenvalue weighted by Gasteiger charge is -2.08. The van der Waals surface area contributed by atoms with Crippen LogP contribution in [0.5, 0.6) is 0 Å². The van der Waals surface area contributed by atoms with Crippen molar-refractivity contribution >= 4 is 23.4 Å². The van der Waals surface area contributed by atoms with Crippen LogP contribution in [0.25, 0.3) is 5.69 Å². The average molecular weight is 331 g/mol. The molecule has 112 valence electrons. The van der Waals surface area contributed by atoms with E-state index in [1.807, 2.05) is 30.3 Å². The third-order valence-corrected chi connectivity index (χ3v) is 4.50. The maximum atomic E-state index is 6.01. The normalized spacial score (nSPS) is 10.9. The molecule has 0 aliphatic heterocycles. The lowest BCUT2D eigenvalue weighted by Crippen LogP contribution is -2.01. The molecule has 2 aromatic carbocycles. The standard InChI is InChI=1S/C16H15ClN4S/c1-11-6-7-15(12(2)8-11)21-16(18-19-20-21)22-10-13-4-3-5-14(17)9-13/h3-9H,10H2,1-2H3. The Morgan fingerprint density at radius 1 is 1.14 bits per heavy atom. The van der Waals surface area contributed by atoms with E-state index in [0.717, 1.165) is 32.7 Å². The van der Waals surface area contributed by atoms with Gasteiger partial charge in [0.15, 0.2) is 0 Å². The molecule has 1 heterocycles. The zero-order valence-electron chi connectivity index (χ0n) is 12.3. The van der Waals surface area contributed by atoms with Crippen LogP contribution in [0.3, 0.4) is 0 Å². The monoisotopic (exact) mass is 330 g/mol. The highest BCUT2D eigenvalue weighted by Crippen LogP contribution is 2.25. The fraction of sp³-hybridized carbons (Fsp3) is 0.188. The maximum absolute atomic E-state index is 6.01. The van der Waals surface area contributed by atoms with Crippen molar-refractivity contribution in [3.8, 4) is 5.69 Å². The molecule has 0 saturated carbocycles. The number of benzene rings is 2. The van der Waals surface area contributed by atoms with Crippen LogP contribution >= 0.6 is 23.4 Å². The van der Waals surface area contributed by atoms with Gasteiger partial charge >= 0.3 is 0 Å². The Kier molecular flexibility index (Phi) is 4.45. The minimum absolute atomic E-state index is 0.743. The summed E-state index contributed by atoms with van der Waals surface area (Å²) in [5.74, 6) is 0.770. The molecule has 0 spiro atoms. The molecule has 6 heteroatoms. The highest BCUT2D eigenvalue weighted by molar-refractivity contribution is 7.98. The summed E-state index contributed by atoms with van der Waals surface area (Å²) in [5, 5.41) is 13.6. The summed E-state index contributed by atoms with van der Waals surface area (Å²) in [4.78, 5) is 0. The van der Waals surface area contributed by atoms with Gasteiger partial charge in [-0.25, -0.2) is 0 Å². The van der Waals surface area contributed by atoms with E-state index in [4.69, 9.17) is 11.6 Å². The molecule has 0 saturated heterocycles. The summed E-state index contributed by atoms with van der Waals surface area (Å²) in [7, 11) is 0. The highest BCUT2D eigenvalue weighted by Gasteiger charge is 2.11. The summed E-state index contributed by atoms with van der Waals surface area (Å²) < 4.78 is 1.78. The average Bonchev–Trinajstić information content (AvgIpc) is 2.93. The van der Waals surface area contributed by atoms with E-state index in [1.165, 1.54) is 5.56 Å². The summed E-state index contributed by atoms with van der Waals surface area (Å²) in [6.07, 6.45) is 0. The highest BCUT2D eigenvalue weighted by atomic mass is 35.5. The predicted molar refractivity (Wildman–Crippen MR) is 89.6 cm³/mol. The van der Waals surface area contributed by atoms with E-state index in [0.29, 0.717) is 0 Å². The van der Waals surface area contributed by atoms with Gasteiger partial charge in [-0.2, -0.15) is 4.68 Å². The second kappa shape index (κ2) is 6.50. The first-order chi connectivity index (χ1) is 10.6. The molecular weight excluding hydrogens is 316 g/mol. The quantitative estimate of drug-likeness (QED) is 0.672. The number of rotatable bonds is 4. The van der Waals surface area contributed by atoms with Crippen molar-refractivity contribution in [3.63, 3.8) is 0 Å². The van der Waals surface area contributed by atoms with E-state index in [-0.39, 0.29) is 0 Å². The fourth-order valence-electron chi connectivity index (χ4n) is 2.24. The summed E-state index contributed by atoms with van der Waals surface area (Å²) in [6.45, 7) is 4.14. The molecular formula is C16H15ClN4S. The van der Waals surface area contributed by atoms with Crippen LogP contribution in [-0.2, 0) is 5.75 Å². The topological polar surface area (TPSA) is 43.6 Å². The molecule has 0 bridgehead atoms. The SMILES string of the molecule is Cc1ccc(-n2nnnc2SCc2cccc(Cl)c2)c(C)c1. The Balaban J connectivity index is 1.83. The van der Waals surface area contributed by atoms with E-state index >= 15 is 0 Å². The van der Waals surface area contributed by atoms with Gasteiger partial charge in [-0.05, 0) is 53.6 Å². The Bertz CT molecular complexity index is 800. The minimum Gasteiger partial charge on any atom is -0.187 e. The molecule has 3 aromatic rings. The van der Waals surface area contributed by atoms with Crippen LogP contribution < -0.4 is 0 Å². The molecule has 0 aliphatic rings. The van der Waals surface area contributed by atoms with Gasteiger partial charge < -0.3 is 0 Å². The Labute approximate surface area is 138 Å². The first kappa shape index (κ1) is 15.1. The van der Waals surface area contributed by atoms with Gasteiger partial charge in [-0.3, -0.25) is 0 Å². The first-order valence-corrected chi connectivity index (χ1v) is 8.23. The van der Waals surface area contributed by atoms with Gasteiger partial charge in [0.2, 0.25) is 5.16 Å². The van der Waals surface area contributed by atoms with Crippen molar-refractivity contribution in [2.45, 2.75) is 24.8 Å². The number of thioether (sulfide) groups is 1. The van der Waals surface area contributed by atoms with Crippen LogP contribution in [0.2, 0.25) is 5.02 Å². The van der Waals surface area contributed by atoms with Crippen LogP contribution in [-0.4, -0.2) is 20.2 Å². The number of hydrogen-bond acceptors (Lipinski definition) is 4. The number of aryl methyl sites for hydroxylation is 2. The van der Waals surface area contributed by atoms with Crippen molar-refractivity contribution in [1.82, 2.24) is 20.2 Å². The molecule has 3 rings (SSSR count). The number of hydrogen-bond donors (Lipinski definition) is 0. The van der Waals surface area contributed by atoms with E-state index in [1.54, 1.807) is 16.4 Å². The first-order valence-electron chi connectivity index (χ1n) is 6.87. The summed E-state index contributed by atoms with van der Waals surface area (Å²) in [6, 6.07) is 14.1. The number of halogens is 1. The van der Waals surface area contributed by atoms with Crippen LogP contribution in [0, 0.1) is 13.8 Å². The molecule has 0 atom stereocenters. The van der Waals surface area contributed by atoms with Gasteiger partial charge in [0.1, 0.15) is 0 Å². The predicted octanol–water partition coefficient (Wildman–Crippen LogP) is 4.22. The fourth-order valence-corrected chi connectivity index (χ4v) is 3.28. The van der Waals surface area contributed by atoms with Crippen LogP contribution in [0.15, 0.2) is 47.6 Å². The lowest BCUT2D eigenvalue weighted by atomic mass is 10.1. The Morgan fingerprint density at radius 3 is 2.77 bits per heavy atom. The zero-order valence-corrected chi connectivity index (χ0v) is 13.9. The lowest BCUT2D eigenvalue weighted by molar-refractivity contribution is 0.751. The van der Waals surface area contributed by atoms with Crippen molar-refractivity contribution in [3.05, 3.63) is 64.2 Å². The van der Waals surface area contributed by atoms with Crippen molar-refractivity contribution < 1.29 is 0 Å². The largest absolute Gasteiger partial charge is 0.214 e. The van der Waals surface area contributed by atoms with Gasteiger partial charge in [-0.1, -0.05) is 53.2 Å². The third-order valence-electron chi connectivity index (χ3n) is 3.28. The van der Waals surface area contributed by atoms with Crippen LogP contribution in [0.1, 0.15) is 16.7 Å². The molecule has 0 fully saturated rings. The van der Waals surface area contributed by atoms with Crippen molar-refractivity contribution in [2.24, 2.45) is 0 Å². The smallest absolute Gasteiger partial charge is 0.187 e. The number of tetrazole rings is 1. The Hall–Kier alpha value is -1.85. The molecule has 1 aromatic heterocycles. The van der Waals surface area contributed by atoms with E-state index in [2.05, 4.69) is 41.5 Å². The van der Waals surface area contributed by atoms with E-state index < -0.39 is 0 Å². The van der Waals surface area contributed by atoms with Crippen LogP contribution in [0.4, 0.5) is 0 Å². The van der Waals surface area contributed by atoms with Gasteiger partial charge in [0.05, 0.1) is 5.69 Å². The summed E-state index contributed by atoms with van der Waals surface area (Å²) in [5.41, 5.74) is 4.52. The van der Waals surface area contributed by atoms with E-state index in [9.17, 15) is 0 Å². The molecule has 0 amide bonds. The molecule has 0 aliphatic carbocycles. The summed E-state index contributed by atoms with van der Waals surface area (Å²) >= 11 is 7.60. The zero-order chi connectivity index (χ0) is 15.5. The van der Waals surface area contributed by atoms with Gasteiger partial charge in [-0.15, -0.1) is 5.10 Å². The van der Waals surface area contributed by atoms with Crippen molar-refractivity contribution in [2.75, 3.05) is 0 Å². The number of aromatic nitrogens is 4. The second-order valence-corrected chi connectivity index (χ2v) is 6.46. The molecule has 0 N–H and O–H groups in total. The minimum atomic E-state index is 0.743. The molecule has 22 heavy (non-hydrogen) atoms.